The van der Waals surface area contributed by atoms with Gasteiger partial charge in [-0.2, -0.15) is 12.6 Å². The van der Waals surface area contributed by atoms with Crippen molar-refractivity contribution in [2.24, 2.45) is 0 Å². The average Bonchev–Trinajstić information content (AvgIpc) is 2.63. The largest absolute Gasteiger partial charge is 0.379 e. The first-order valence-corrected chi connectivity index (χ1v) is 5.87. The Bertz CT molecular complexity index is 113. The number of hydrogen-bond donors (Lipinski definition) is 1. The molecule has 2 nitrogen and oxygen atoms in total. The topological polar surface area (TPSA) is 18.5 Å². The molecule has 0 bridgehead atoms. The first-order chi connectivity index (χ1) is 6.43. The van der Waals surface area contributed by atoms with Crippen LogP contribution in [0.3, 0.4) is 0 Å². The lowest BCUT2D eigenvalue weighted by Crippen LogP contribution is -2.14. The summed E-state index contributed by atoms with van der Waals surface area (Å²) in [5.74, 6) is 0.992. The molecule has 1 atom stereocenters. The Morgan fingerprint density at radius 1 is 1.31 bits per heavy atom. The van der Waals surface area contributed by atoms with Gasteiger partial charge in [-0.05, 0) is 31.4 Å². The van der Waals surface area contributed by atoms with Crippen molar-refractivity contribution in [3.05, 3.63) is 0 Å². The van der Waals surface area contributed by atoms with E-state index in [2.05, 4.69) is 12.6 Å². The van der Waals surface area contributed by atoms with Crippen LogP contribution in [-0.4, -0.2) is 31.7 Å². The molecule has 0 amide bonds. The second kappa shape index (κ2) is 7.65. The van der Waals surface area contributed by atoms with Gasteiger partial charge in [0.25, 0.3) is 0 Å². The Kier molecular flexibility index (Phi) is 6.68. The van der Waals surface area contributed by atoms with Gasteiger partial charge in [0.2, 0.25) is 0 Å². The van der Waals surface area contributed by atoms with E-state index >= 15 is 0 Å². The lowest BCUT2D eigenvalue weighted by atomic mass is 10.2. The van der Waals surface area contributed by atoms with Crippen LogP contribution in [0.15, 0.2) is 0 Å². The molecular formula is C10H20O2S. The molecule has 0 aliphatic carbocycles. The average molecular weight is 204 g/mol. The number of thiol groups is 1. The summed E-state index contributed by atoms with van der Waals surface area (Å²) in [5, 5.41) is 0. The van der Waals surface area contributed by atoms with Gasteiger partial charge in [-0.1, -0.05) is 6.42 Å². The van der Waals surface area contributed by atoms with E-state index < -0.39 is 0 Å². The van der Waals surface area contributed by atoms with Crippen molar-refractivity contribution in [3.8, 4) is 0 Å². The second-order valence-electron chi connectivity index (χ2n) is 3.49. The summed E-state index contributed by atoms with van der Waals surface area (Å²) in [5.41, 5.74) is 0. The maximum absolute atomic E-state index is 5.51. The summed E-state index contributed by atoms with van der Waals surface area (Å²) in [4.78, 5) is 0. The molecule has 0 spiro atoms. The van der Waals surface area contributed by atoms with Crippen LogP contribution in [0.4, 0.5) is 0 Å². The van der Waals surface area contributed by atoms with Gasteiger partial charge >= 0.3 is 0 Å². The van der Waals surface area contributed by atoms with E-state index in [9.17, 15) is 0 Å². The number of unbranched alkanes of at least 4 members (excludes halogenated alkanes) is 2. The van der Waals surface area contributed by atoms with Gasteiger partial charge < -0.3 is 9.47 Å². The molecule has 0 aromatic carbocycles. The number of ether oxygens (including phenoxy) is 2. The van der Waals surface area contributed by atoms with Crippen molar-refractivity contribution in [3.63, 3.8) is 0 Å². The highest BCUT2D eigenvalue weighted by Gasteiger charge is 2.14. The fraction of sp³-hybridized carbons (Fsp3) is 1.00. The predicted octanol–water partition coefficient (Wildman–Crippen LogP) is 2.28. The van der Waals surface area contributed by atoms with Crippen molar-refractivity contribution in [1.82, 2.24) is 0 Å². The van der Waals surface area contributed by atoms with Gasteiger partial charge in [0.15, 0.2) is 0 Å². The van der Waals surface area contributed by atoms with Crippen molar-refractivity contribution in [2.75, 3.05) is 25.6 Å². The van der Waals surface area contributed by atoms with Gasteiger partial charge in [-0.25, -0.2) is 0 Å². The molecular weight excluding hydrogens is 184 g/mol. The monoisotopic (exact) mass is 204 g/mol. The summed E-state index contributed by atoms with van der Waals surface area (Å²) in [6.45, 7) is 2.60. The maximum Gasteiger partial charge on any atom is 0.0809 e. The first-order valence-electron chi connectivity index (χ1n) is 5.23. The zero-order valence-electron chi connectivity index (χ0n) is 8.21. The lowest BCUT2D eigenvalue weighted by molar-refractivity contribution is 0.0162. The minimum Gasteiger partial charge on any atom is -0.379 e. The van der Waals surface area contributed by atoms with Gasteiger partial charge in [-0.3, -0.25) is 0 Å². The number of rotatable bonds is 7. The highest BCUT2D eigenvalue weighted by molar-refractivity contribution is 7.80. The molecule has 1 aliphatic rings. The van der Waals surface area contributed by atoms with E-state index in [0.29, 0.717) is 6.10 Å². The Morgan fingerprint density at radius 2 is 2.23 bits per heavy atom. The van der Waals surface area contributed by atoms with Crippen molar-refractivity contribution in [2.45, 2.75) is 38.2 Å². The van der Waals surface area contributed by atoms with Crippen LogP contribution in [-0.2, 0) is 9.47 Å². The van der Waals surface area contributed by atoms with Gasteiger partial charge in [0.1, 0.15) is 0 Å². The quantitative estimate of drug-likeness (QED) is 0.506. The molecule has 1 unspecified atom stereocenters. The standard InChI is InChI=1S/C10H20O2S/c13-8-3-1-2-6-11-9-10-5-4-7-12-10/h10,13H,1-9H2. The summed E-state index contributed by atoms with van der Waals surface area (Å²) in [6, 6.07) is 0. The summed E-state index contributed by atoms with van der Waals surface area (Å²) >= 11 is 4.16. The fourth-order valence-corrected chi connectivity index (χ4v) is 1.71. The van der Waals surface area contributed by atoms with Crippen LogP contribution in [0.1, 0.15) is 32.1 Å². The molecule has 1 saturated heterocycles. The first kappa shape index (κ1) is 11.3. The van der Waals surface area contributed by atoms with Crippen LogP contribution >= 0.6 is 12.6 Å². The molecule has 0 radical (unpaired) electrons. The minimum atomic E-state index is 0.380. The molecule has 0 N–H and O–H groups in total. The van der Waals surface area contributed by atoms with Crippen molar-refractivity contribution < 1.29 is 9.47 Å². The van der Waals surface area contributed by atoms with Crippen molar-refractivity contribution >= 4 is 12.6 Å². The van der Waals surface area contributed by atoms with Crippen LogP contribution in [0, 0.1) is 0 Å². The van der Waals surface area contributed by atoms with Gasteiger partial charge in [0, 0.05) is 13.2 Å². The van der Waals surface area contributed by atoms with Crippen LogP contribution in [0.5, 0.6) is 0 Å². The van der Waals surface area contributed by atoms with Crippen LogP contribution < -0.4 is 0 Å². The lowest BCUT2D eigenvalue weighted by Gasteiger charge is -2.09. The molecule has 1 heterocycles. The Labute approximate surface area is 86.4 Å². The summed E-state index contributed by atoms with van der Waals surface area (Å²) < 4.78 is 11.0. The van der Waals surface area contributed by atoms with E-state index in [4.69, 9.17) is 9.47 Å². The number of hydrogen-bond acceptors (Lipinski definition) is 3. The van der Waals surface area contributed by atoms with Crippen molar-refractivity contribution in [1.29, 1.82) is 0 Å². The maximum atomic E-state index is 5.51. The highest BCUT2D eigenvalue weighted by Crippen LogP contribution is 2.12. The molecule has 0 aromatic heterocycles. The molecule has 78 valence electrons. The normalized spacial score (nSPS) is 22.4. The Morgan fingerprint density at radius 3 is 2.92 bits per heavy atom. The van der Waals surface area contributed by atoms with E-state index in [1.165, 1.54) is 25.7 Å². The third-order valence-electron chi connectivity index (χ3n) is 2.27. The van der Waals surface area contributed by atoms with E-state index in [0.717, 1.165) is 32.0 Å². The molecule has 13 heavy (non-hydrogen) atoms. The van der Waals surface area contributed by atoms with Crippen LogP contribution in [0.25, 0.3) is 0 Å². The molecule has 1 aliphatic heterocycles. The molecule has 0 saturated carbocycles. The fourth-order valence-electron chi connectivity index (χ4n) is 1.48. The summed E-state index contributed by atoms with van der Waals surface area (Å²) in [7, 11) is 0. The second-order valence-corrected chi connectivity index (χ2v) is 3.94. The van der Waals surface area contributed by atoms with E-state index in [1.54, 1.807) is 0 Å². The third kappa shape index (κ3) is 5.55. The van der Waals surface area contributed by atoms with Gasteiger partial charge in [-0.15, -0.1) is 0 Å². The smallest absolute Gasteiger partial charge is 0.0809 e. The molecule has 1 fully saturated rings. The molecule has 3 heteroatoms. The predicted molar refractivity (Wildman–Crippen MR) is 57.5 cm³/mol. The third-order valence-corrected chi connectivity index (χ3v) is 2.59. The van der Waals surface area contributed by atoms with E-state index in [1.807, 2.05) is 0 Å². The zero-order valence-corrected chi connectivity index (χ0v) is 9.10. The minimum absolute atomic E-state index is 0.380. The highest BCUT2D eigenvalue weighted by atomic mass is 32.1. The van der Waals surface area contributed by atoms with E-state index in [-0.39, 0.29) is 0 Å². The zero-order chi connectivity index (χ0) is 9.36. The molecule has 0 aromatic rings. The van der Waals surface area contributed by atoms with Gasteiger partial charge in [0.05, 0.1) is 12.7 Å². The molecule has 1 rings (SSSR count). The Balaban J connectivity index is 1.78. The van der Waals surface area contributed by atoms with Crippen LogP contribution in [0.2, 0.25) is 0 Å². The summed E-state index contributed by atoms with van der Waals surface area (Å²) in [6.07, 6.45) is 6.35. The Hall–Kier alpha value is 0.270. The SMILES string of the molecule is SCCCCCOCC1CCCO1.